The number of para-hydroxylation sites is 1. The van der Waals surface area contributed by atoms with Gasteiger partial charge in [0.25, 0.3) is 11.7 Å². The number of ketones is 1. The Bertz CT molecular complexity index is 1050. The number of carbonyl (C=O) groups excluding carboxylic acids is 2. The zero-order valence-corrected chi connectivity index (χ0v) is 19.3. The summed E-state index contributed by atoms with van der Waals surface area (Å²) in [6.07, 6.45) is 0.667. The summed E-state index contributed by atoms with van der Waals surface area (Å²) in [5.74, 6) is -0.723. The number of methoxy groups -OCH3 is 2. The summed E-state index contributed by atoms with van der Waals surface area (Å²) in [5, 5.41) is 11.4. The summed E-state index contributed by atoms with van der Waals surface area (Å²) in [5.41, 5.74) is 0.952. The largest absolute Gasteiger partial charge is 0.507 e. The highest BCUT2D eigenvalue weighted by Crippen LogP contribution is 2.43. The van der Waals surface area contributed by atoms with Crippen LogP contribution in [0, 0.1) is 0 Å². The molecule has 1 aliphatic heterocycles. The highest BCUT2D eigenvalue weighted by atomic mass is 35.5. The van der Waals surface area contributed by atoms with Crippen molar-refractivity contribution in [3.8, 4) is 11.5 Å². The fourth-order valence-corrected chi connectivity index (χ4v) is 4.11. The maximum absolute atomic E-state index is 13.1. The van der Waals surface area contributed by atoms with Gasteiger partial charge in [0.2, 0.25) is 0 Å². The molecule has 0 aromatic heterocycles. The van der Waals surface area contributed by atoms with E-state index in [9.17, 15) is 14.7 Å². The van der Waals surface area contributed by atoms with E-state index in [2.05, 4.69) is 0 Å². The van der Waals surface area contributed by atoms with Crippen LogP contribution < -0.4 is 9.47 Å². The molecule has 1 atom stereocenters. The van der Waals surface area contributed by atoms with Crippen LogP contribution in [-0.2, 0) is 9.59 Å². The maximum atomic E-state index is 13.1. The molecular formula is C24H27ClN2O5. The summed E-state index contributed by atoms with van der Waals surface area (Å²) in [6, 6.07) is 11.1. The Labute approximate surface area is 192 Å². The molecule has 1 N–H and O–H groups in total. The van der Waals surface area contributed by atoms with Gasteiger partial charge in [0.15, 0.2) is 0 Å². The van der Waals surface area contributed by atoms with Crippen LogP contribution in [0.2, 0.25) is 5.02 Å². The molecule has 32 heavy (non-hydrogen) atoms. The molecule has 0 saturated carbocycles. The van der Waals surface area contributed by atoms with Gasteiger partial charge in [0.1, 0.15) is 17.3 Å². The van der Waals surface area contributed by atoms with Gasteiger partial charge < -0.3 is 24.4 Å². The molecule has 1 saturated heterocycles. The number of amides is 1. The van der Waals surface area contributed by atoms with E-state index in [4.69, 9.17) is 21.1 Å². The molecule has 7 nitrogen and oxygen atoms in total. The van der Waals surface area contributed by atoms with Crippen LogP contribution in [0.5, 0.6) is 11.5 Å². The molecule has 0 spiro atoms. The third-order valence-corrected chi connectivity index (χ3v) is 5.70. The van der Waals surface area contributed by atoms with Crippen molar-refractivity contribution < 1.29 is 24.2 Å². The topological polar surface area (TPSA) is 79.3 Å². The quantitative estimate of drug-likeness (QED) is 0.369. The average Bonchev–Trinajstić information content (AvgIpc) is 3.03. The number of aliphatic hydroxyl groups excluding tert-OH is 1. The van der Waals surface area contributed by atoms with E-state index in [0.29, 0.717) is 35.6 Å². The first kappa shape index (κ1) is 23.6. The Morgan fingerprint density at radius 2 is 1.78 bits per heavy atom. The third kappa shape index (κ3) is 4.59. The fourth-order valence-electron chi connectivity index (χ4n) is 3.85. The number of nitrogens with zero attached hydrogens (tertiary/aromatic N) is 2. The van der Waals surface area contributed by atoms with Crippen LogP contribution in [0.15, 0.2) is 48.0 Å². The standard InChI is InChI=1S/C24H27ClN2O5/c1-26(2)12-7-13-27-21(16-8-5-6-9-18(16)31-3)20(23(29)24(27)30)22(28)15-10-11-19(32-4)17(25)14-15/h5-6,8-11,14,21,28H,7,12-13H2,1-4H3/b22-20-. The Morgan fingerprint density at radius 3 is 2.41 bits per heavy atom. The average molecular weight is 459 g/mol. The summed E-state index contributed by atoms with van der Waals surface area (Å²) in [4.78, 5) is 29.6. The smallest absolute Gasteiger partial charge is 0.295 e. The second kappa shape index (κ2) is 10.1. The van der Waals surface area contributed by atoms with Gasteiger partial charge in [-0.3, -0.25) is 9.59 Å². The Balaban J connectivity index is 2.15. The number of hydrogen-bond acceptors (Lipinski definition) is 6. The van der Waals surface area contributed by atoms with E-state index < -0.39 is 17.7 Å². The molecule has 170 valence electrons. The molecule has 8 heteroatoms. The van der Waals surface area contributed by atoms with Gasteiger partial charge in [-0.15, -0.1) is 0 Å². The molecule has 0 aliphatic carbocycles. The number of ether oxygens (including phenoxy) is 2. The first-order valence-corrected chi connectivity index (χ1v) is 10.6. The minimum absolute atomic E-state index is 0.00517. The van der Waals surface area contributed by atoms with E-state index >= 15 is 0 Å². The molecule has 1 amide bonds. The maximum Gasteiger partial charge on any atom is 0.295 e. The molecule has 1 heterocycles. The lowest BCUT2D eigenvalue weighted by Gasteiger charge is -2.27. The SMILES string of the molecule is COc1ccc(/C(O)=C2/C(=O)C(=O)N(CCCN(C)C)C2c2ccccc2OC)cc1Cl. The molecule has 0 bridgehead atoms. The molecule has 1 unspecified atom stereocenters. The van der Waals surface area contributed by atoms with Crippen molar-refractivity contribution in [3.05, 3.63) is 64.2 Å². The lowest BCUT2D eigenvalue weighted by molar-refractivity contribution is -0.140. The Kier molecular flexibility index (Phi) is 7.43. The number of hydrogen-bond donors (Lipinski definition) is 1. The van der Waals surface area contributed by atoms with E-state index in [0.717, 1.165) is 6.54 Å². The highest BCUT2D eigenvalue weighted by Gasteiger charge is 2.46. The van der Waals surface area contributed by atoms with Crippen LogP contribution in [0.1, 0.15) is 23.6 Å². The van der Waals surface area contributed by atoms with Crippen LogP contribution in [-0.4, -0.2) is 68.0 Å². The second-order valence-electron chi connectivity index (χ2n) is 7.74. The molecule has 3 rings (SSSR count). The van der Waals surface area contributed by atoms with Crippen LogP contribution >= 0.6 is 11.6 Å². The minimum atomic E-state index is -0.783. The third-order valence-electron chi connectivity index (χ3n) is 5.40. The van der Waals surface area contributed by atoms with Crippen molar-refractivity contribution in [3.63, 3.8) is 0 Å². The molecule has 0 radical (unpaired) electrons. The molecule has 1 fully saturated rings. The molecule has 1 aliphatic rings. The van der Waals surface area contributed by atoms with Crippen molar-refractivity contribution in [1.82, 2.24) is 9.80 Å². The van der Waals surface area contributed by atoms with Crippen molar-refractivity contribution in [2.75, 3.05) is 41.4 Å². The van der Waals surface area contributed by atoms with E-state index in [1.807, 2.05) is 31.1 Å². The zero-order chi connectivity index (χ0) is 23.4. The van der Waals surface area contributed by atoms with Gasteiger partial charge >= 0.3 is 0 Å². The van der Waals surface area contributed by atoms with E-state index in [-0.39, 0.29) is 16.4 Å². The number of halogens is 1. The first-order valence-electron chi connectivity index (χ1n) is 10.2. The number of likely N-dealkylation sites (tertiary alicyclic amines) is 1. The predicted octanol–water partition coefficient (Wildman–Crippen LogP) is 3.73. The van der Waals surface area contributed by atoms with Crippen molar-refractivity contribution in [1.29, 1.82) is 0 Å². The summed E-state index contributed by atoms with van der Waals surface area (Å²) in [6.45, 7) is 1.10. The number of rotatable bonds is 8. The van der Waals surface area contributed by atoms with Crippen molar-refractivity contribution in [2.45, 2.75) is 12.5 Å². The lowest BCUT2D eigenvalue weighted by Crippen LogP contribution is -2.32. The summed E-state index contributed by atoms with van der Waals surface area (Å²) < 4.78 is 10.7. The summed E-state index contributed by atoms with van der Waals surface area (Å²) >= 11 is 6.23. The van der Waals surface area contributed by atoms with E-state index in [1.54, 1.807) is 24.3 Å². The van der Waals surface area contributed by atoms with Gasteiger partial charge in [-0.05, 0) is 51.3 Å². The van der Waals surface area contributed by atoms with E-state index in [1.165, 1.54) is 25.2 Å². The second-order valence-corrected chi connectivity index (χ2v) is 8.15. The predicted molar refractivity (Wildman–Crippen MR) is 123 cm³/mol. The Hall–Kier alpha value is -3.03. The zero-order valence-electron chi connectivity index (χ0n) is 18.6. The summed E-state index contributed by atoms with van der Waals surface area (Å²) in [7, 11) is 6.90. The van der Waals surface area contributed by atoms with Gasteiger partial charge in [0.05, 0.1) is 30.9 Å². The first-order chi connectivity index (χ1) is 15.3. The number of benzene rings is 2. The van der Waals surface area contributed by atoms with Crippen LogP contribution in [0.25, 0.3) is 5.76 Å². The van der Waals surface area contributed by atoms with Gasteiger partial charge in [-0.2, -0.15) is 0 Å². The van der Waals surface area contributed by atoms with Gasteiger partial charge in [0, 0.05) is 17.7 Å². The number of aliphatic hydroxyl groups is 1. The monoisotopic (exact) mass is 458 g/mol. The fraction of sp³-hybridized carbons (Fsp3) is 0.333. The van der Waals surface area contributed by atoms with Crippen molar-refractivity contribution in [2.24, 2.45) is 0 Å². The van der Waals surface area contributed by atoms with Crippen molar-refractivity contribution >= 4 is 29.1 Å². The van der Waals surface area contributed by atoms with Gasteiger partial charge in [-0.25, -0.2) is 0 Å². The molecule has 2 aromatic carbocycles. The minimum Gasteiger partial charge on any atom is -0.507 e. The number of carbonyl (C=O) groups is 2. The normalized spacial score (nSPS) is 17.8. The molecular weight excluding hydrogens is 432 g/mol. The van der Waals surface area contributed by atoms with Crippen LogP contribution in [0.4, 0.5) is 0 Å². The number of Topliss-reactive ketones (excluding diaryl/α,β-unsaturated/α-hetero) is 1. The highest BCUT2D eigenvalue weighted by molar-refractivity contribution is 6.46. The Morgan fingerprint density at radius 1 is 1.09 bits per heavy atom. The molecule has 2 aromatic rings. The lowest BCUT2D eigenvalue weighted by atomic mass is 9.94. The van der Waals surface area contributed by atoms with Gasteiger partial charge in [-0.1, -0.05) is 29.8 Å². The van der Waals surface area contributed by atoms with Crippen LogP contribution in [0.3, 0.4) is 0 Å².